The molecular weight excluding hydrogens is 867 g/mol. The van der Waals surface area contributed by atoms with Gasteiger partial charge in [0, 0.05) is 25.7 Å². The Hall–Kier alpha value is -4.26. The molecule has 0 unspecified atom stereocenters. The Kier molecular flexibility index (Phi) is 22.9. The van der Waals surface area contributed by atoms with Crippen molar-refractivity contribution in [2.45, 2.75) is 169 Å². The molecule has 0 aromatic heterocycles. The first-order valence-electron chi connectivity index (χ1n) is 22.4. The van der Waals surface area contributed by atoms with E-state index in [1.54, 1.807) is 14.1 Å². The fourth-order valence-electron chi connectivity index (χ4n) is 8.17. The van der Waals surface area contributed by atoms with E-state index in [2.05, 4.69) is 41.6 Å². The van der Waals surface area contributed by atoms with Crippen molar-refractivity contribution < 1.29 is 48.7 Å². The highest BCUT2D eigenvalue weighted by Gasteiger charge is 2.53. The van der Waals surface area contributed by atoms with Gasteiger partial charge in [-0.3, -0.25) is 29.4 Å². The van der Waals surface area contributed by atoms with Gasteiger partial charge in [-0.2, -0.15) is 0 Å². The van der Waals surface area contributed by atoms with E-state index in [0.29, 0.717) is 32.1 Å². The Morgan fingerprint density at radius 3 is 1.53 bits per heavy atom. The molecule has 1 saturated carbocycles. The molecule has 380 valence electrons. The number of nitrogens with two attached hydrogens (primary N) is 9. The second-order valence-electron chi connectivity index (χ2n) is 17.4. The van der Waals surface area contributed by atoms with Crippen LogP contribution in [0.1, 0.15) is 71.6 Å². The van der Waals surface area contributed by atoms with Crippen LogP contribution in [-0.2, 0) is 33.3 Å². The summed E-state index contributed by atoms with van der Waals surface area (Å²) in [7, 11) is 3.31. The number of nitrogens with zero attached hydrogens (tertiary/aromatic N) is 3. The molecule has 3 fully saturated rings. The van der Waals surface area contributed by atoms with Gasteiger partial charge in [-0.15, -0.1) is 0 Å². The molecule has 0 radical (unpaired) electrons. The lowest BCUT2D eigenvalue weighted by molar-refractivity contribution is -0.309. The van der Waals surface area contributed by atoms with Crippen molar-refractivity contribution in [1.82, 2.24) is 26.6 Å². The number of aliphatic hydroxyl groups excluding tert-OH is 2. The van der Waals surface area contributed by atoms with Crippen molar-refractivity contribution in [3.8, 4) is 0 Å². The molecule has 3 rings (SSSR count). The normalized spacial score (nSPS) is 31.8. The monoisotopic (exact) mass is 946 g/mol. The number of rotatable bonds is 25. The van der Waals surface area contributed by atoms with Crippen molar-refractivity contribution in [3.05, 3.63) is 0 Å². The minimum absolute atomic E-state index is 0.0828. The zero-order valence-electron chi connectivity index (χ0n) is 38.6. The topological polar surface area (TPSA) is 480 Å². The van der Waals surface area contributed by atoms with Crippen molar-refractivity contribution in [2.75, 3.05) is 40.3 Å². The van der Waals surface area contributed by atoms with Crippen molar-refractivity contribution in [2.24, 2.45) is 66.6 Å². The maximum absolute atomic E-state index is 13.9. The third kappa shape index (κ3) is 17.1. The highest BCUT2D eigenvalue weighted by atomic mass is 16.7. The summed E-state index contributed by atoms with van der Waals surface area (Å²) in [5.74, 6) is -2.07. The van der Waals surface area contributed by atoms with Crippen LogP contribution in [0.4, 0.5) is 0 Å². The molecule has 0 spiro atoms. The average molecular weight is 946 g/mol. The van der Waals surface area contributed by atoms with E-state index in [-0.39, 0.29) is 75.8 Å². The number of hydrogen-bond donors (Lipinski definition) is 17. The van der Waals surface area contributed by atoms with E-state index < -0.39 is 109 Å². The Morgan fingerprint density at radius 1 is 0.697 bits per heavy atom. The van der Waals surface area contributed by atoms with Crippen LogP contribution in [0.25, 0.3) is 0 Å². The zero-order valence-corrected chi connectivity index (χ0v) is 38.6. The van der Waals surface area contributed by atoms with Gasteiger partial charge in [0.2, 0.25) is 17.7 Å². The number of amides is 3. The van der Waals surface area contributed by atoms with Crippen LogP contribution in [-0.4, -0.2) is 188 Å². The molecular formula is C39H79N17O10. The zero-order chi connectivity index (χ0) is 49.3. The van der Waals surface area contributed by atoms with Gasteiger partial charge in [0.1, 0.15) is 30.0 Å². The van der Waals surface area contributed by atoms with Crippen molar-refractivity contribution in [3.63, 3.8) is 0 Å². The van der Waals surface area contributed by atoms with Gasteiger partial charge in [0.05, 0.1) is 55.0 Å². The Morgan fingerprint density at radius 2 is 1.12 bits per heavy atom. The lowest BCUT2D eigenvalue weighted by Crippen LogP contribution is -2.71. The first-order chi connectivity index (χ1) is 31.1. The molecule has 27 nitrogen and oxygen atoms in total. The number of likely N-dealkylation sites (N-methyl/N-ethyl adjacent to an activating group) is 2. The van der Waals surface area contributed by atoms with Crippen LogP contribution >= 0.6 is 0 Å². The molecule has 2 saturated heterocycles. The summed E-state index contributed by atoms with van der Waals surface area (Å²) in [6, 6.07) is -7.25. The quantitative estimate of drug-likeness (QED) is 0.0230. The van der Waals surface area contributed by atoms with Gasteiger partial charge in [-0.05, 0) is 85.7 Å². The predicted octanol–water partition coefficient (Wildman–Crippen LogP) is -7.71. The second-order valence-corrected chi connectivity index (χ2v) is 17.4. The third-order valence-electron chi connectivity index (χ3n) is 12.0. The highest BCUT2D eigenvalue weighted by Crippen LogP contribution is 2.34. The van der Waals surface area contributed by atoms with Crippen LogP contribution in [0.3, 0.4) is 0 Å². The molecule has 66 heavy (non-hydrogen) atoms. The maximum atomic E-state index is 13.9. The molecule has 0 aromatic rings. The van der Waals surface area contributed by atoms with E-state index in [1.807, 2.05) is 6.92 Å². The van der Waals surface area contributed by atoms with Gasteiger partial charge in [-0.25, -0.2) is 0 Å². The van der Waals surface area contributed by atoms with Gasteiger partial charge >= 0.3 is 0 Å². The molecule has 3 aliphatic rings. The number of nitrogens with one attached hydrogen (secondary N) is 5. The molecule has 2 aliphatic heterocycles. The second kappa shape index (κ2) is 26.9. The minimum Gasteiger partial charge on any atom is -0.388 e. The Labute approximate surface area is 385 Å². The van der Waals surface area contributed by atoms with E-state index >= 15 is 0 Å². The van der Waals surface area contributed by atoms with Crippen LogP contribution in [0.2, 0.25) is 0 Å². The first kappa shape index (κ1) is 56.1. The van der Waals surface area contributed by atoms with Gasteiger partial charge < -0.3 is 112 Å². The Balaban J connectivity index is 2.05. The molecule has 0 bridgehead atoms. The standard InChI is InChI=1S/C39H79N17O10/c1-18(49-3)25-12-11-22(54-31(59)19(40)8-5-13-51-36(43)44)34(64-25)65-28-23(55-32(60)20(41)9-6-14-52-37(45)46)16-24(56-33(61)21(42)10-7-15-53-38(47)48)29(26(28)57)66-35-27(58)30(50-4)39(2,62)17-63-35/h18-30,34-35,49-50,57-58,62H,5-17,40-42H2,1-4H3,(H,54,59)(H,55,60)(H,56,61)(H4,43,44,51)(H4,45,46,52)(H4,47,48,53)/t18-,19+,20+,21+,22+,23-,24+,25-,26-,27+,28+,29-,30+,34+,35+,39-/m1/s1. The first-order valence-corrected chi connectivity index (χ1v) is 22.4. The van der Waals surface area contributed by atoms with E-state index in [9.17, 15) is 29.7 Å². The van der Waals surface area contributed by atoms with Gasteiger partial charge in [0.25, 0.3) is 0 Å². The van der Waals surface area contributed by atoms with E-state index in [1.165, 1.54) is 6.92 Å². The SMILES string of the molecule is CN[C@H](C)[C@H]1CC[C@H](NC(=O)[C@@H](N)CCCN=C(N)N)[C@H](O[C@@H]2[C@@H](O)[C@H](O[C@@H]3OC[C@@](C)(O)[C@@H](NC)[C@@H]3O)[C@@H](NC(=O)[C@@H](N)CCCN=C(N)N)C[C@H]2NC(=O)[C@@H](N)CCCN=C(N)N)O1. The van der Waals surface area contributed by atoms with Crippen LogP contribution < -0.4 is 78.2 Å². The summed E-state index contributed by atoms with van der Waals surface area (Å²) < 4.78 is 25.4. The molecule has 1 aliphatic carbocycles. The van der Waals surface area contributed by atoms with Gasteiger partial charge in [0.15, 0.2) is 30.5 Å². The number of guanidine groups is 3. The molecule has 3 amide bonds. The van der Waals surface area contributed by atoms with Crippen LogP contribution in [0, 0.1) is 0 Å². The maximum Gasteiger partial charge on any atom is 0.237 e. The third-order valence-corrected chi connectivity index (χ3v) is 12.0. The fraction of sp³-hybridized carbons (Fsp3) is 0.846. The van der Waals surface area contributed by atoms with Crippen LogP contribution in [0.5, 0.6) is 0 Å². The summed E-state index contributed by atoms with van der Waals surface area (Å²) in [4.78, 5) is 53.0. The average Bonchev–Trinajstić information content (AvgIpc) is 3.25. The largest absolute Gasteiger partial charge is 0.388 e. The molecule has 27 heteroatoms. The van der Waals surface area contributed by atoms with Crippen molar-refractivity contribution in [1.29, 1.82) is 0 Å². The summed E-state index contributed by atoms with van der Waals surface area (Å²) in [5, 5.41) is 49.7. The number of ether oxygens (including phenoxy) is 4. The number of aliphatic hydroxyl groups is 3. The highest BCUT2D eigenvalue weighted by molar-refractivity contribution is 5.83. The minimum atomic E-state index is -1.73. The van der Waals surface area contributed by atoms with Gasteiger partial charge in [-0.1, -0.05) is 0 Å². The predicted molar refractivity (Wildman–Crippen MR) is 245 cm³/mol. The van der Waals surface area contributed by atoms with E-state index in [4.69, 9.17) is 70.6 Å². The summed E-state index contributed by atoms with van der Waals surface area (Å²) in [6.07, 6.45) is -6.69. The fourth-order valence-corrected chi connectivity index (χ4v) is 8.17. The molecule has 26 N–H and O–H groups in total. The summed E-state index contributed by atoms with van der Waals surface area (Å²) in [5.41, 5.74) is 50.1. The van der Waals surface area contributed by atoms with E-state index in [0.717, 1.165) is 0 Å². The number of aliphatic imine (C=N–C) groups is 3. The molecule has 2 heterocycles. The molecule has 16 atom stereocenters. The smallest absolute Gasteiger partial charge is 0.237 e. The Bertz CT molecular complexity index is 1620. The lowest BCUT2D eigenvalue weighted by atomic mass is 9.82. The number of carbonyl (C=O) groups is 3. The summed E-state index contributed by atoms with van der Waals surface area (Å²) in [6.45, 7) is 3.81. The molecule has 0 aromatic carbocycles. The lowest BCUT2D eigenvalue weighted by Gasteiger charge is -2.50. The number of hydrogen-bond acceptors (Lipinski definition) is 18. The summed E-state index contributed by atoms with van der Waals surface area (Å²) >= 11 is 0. The number of carbonyl (C=O) groups excluding carboxylic acids is 3. The van der Waals surface area contributed by atoms with Crippen molar-refractivity contribution >= 4 is 35.6 Å². The van der Waals surface area contributed by atoms with Crippen LogP contribution in [0.15, 0.2) is 15.0 Å².